The number of amides is 1. The van der Waals surface area contributed by atoms with Crippen LogP contribution in [0.1, 0.15) is 18.9 Å². The third-order valence-electron chi connectivity index (χ3n) is 6.02. The number of benzene rings is 2. The van der Waals surface area contributed by atoms with E-state index in [1.807, 2.05) is 48.5 Å². The van der Waals surface area contributed by atoms with Gasteiger partial charge in [0.15, 0.2) is 11.5 Å². The molecule has 4 rings (SSSR count). The van der Waals surface area contributed by atoms with Gasteiger partial charge in [0.2, 0.25) is 10.0 Å². The third kappa shape index (κ3) is 4.20. The second kappa shape index (κ2) is 7.93. The summed E-state index contributed by atoms with van der Waals surface area (Å²) >= 11 is 6.13. The first kappa shape index (κ1) is 21.8. The molecule has 2 aliphatic rings. The van der Waals surface area contributed by atoms with Crippen LogP contribution >= 0.6 is 11.6 Å². The molecule has 2 heterocycles. The highest BCUT2D eigenvalue weighted by Gasteiger charge is 2.46. The minimum absolute atomic E-state index is 0.0209. The van der Waals surface area contributed by atoms with Gasteiger partial charge in [-0.3, -0.25) is 9.69 Å². The molecule has 1 saturated heterocycles. The van der Waals surface area contributed by atoms with Crippen LogP contribution in [-0.4, -0.2) is 55.4 Å². The summed E-state index contributed by atoms with van der Waals surface area (Å²) in [5.41, 5.74) is 7.64. The second-order valence-electron chi connectivity index (χ2n) is 8.32. The summed E-state index contributed by atoms with van der Waals surface area (Å²) in [6.07, 6.45) is 1.89. The van der Waals surface area contributed by atoms with Crippen molar-refractivity contribution in [2.24, 2.45) is 16.6 Å². The minimum atomic E-state index is -3.24. The highest BCUT2D eigenvalue weighted by atomic mass is 35.5. The lowest BCUT2D eigenvalue weighted by Crippen LogP contribution is -2.44. The van der Waals surface area contributed by atoms with Crippen molar-refractivity contribution in [3.05, 3.63) is 59.1 Å². The Morgan fingerprint density at radius 1 is 1.19 bits per heavy atom. The lowest BCUT2D eigenvalue weighted by Gasteiger charge is -2.25. The summed E-state index contributed by atoms with van der Waals surface area (Å²) in [4.78, 5) is 19.4. The van der Waals surface area contributed by atoms with Gasteiger partial charge in [0.05, 0.1) is 6.26 Å². The van der Waals surface area contributed by atoms with Crippen LogP contribution in [0, 0.1) is 5.92 Å². The fourth-order valence-corrected chi connectivity index (χ4v) is 5.35. The Labute approximate surface area is 187 Å². The highest BCUT2D eigenvalue weighted by Crippen LogP contribution is 2.36. The third-order valence-corrected chi connectivity index (χ3v) is 7.52. The van der Waals surface area contributed by atoms with Gasteiger partial charge >= 0.3 is 0 Å². The van der Waals surface area contributed by atoms with Gasteiger partial charge in [-0.2, -0.15) is 0 Å². The molecule has 2 aliphatic heterocycles. The topological polar surface area (TPSA) is 96.1 Å². The van der Waals surface area contributed by atoms with Gasteiger partial charge < -0.3 is 5.73 Å². The zero-order valence-electron chi connectivity index (χ0n) is 17.5. The normalized spacial score (nSPS) is 24.6. The number of hydrogen-bond donors (Lipinski definition) is 1. The van der Waals surface area contributed by atoms with Crippen molar-refractivity contribution in [1.82, 2.24) is 9.21 Å². The van der Waals surface area contributed by atoms with E-state index in [0.717, 1.165) is 16.7 Å². The van der Waals surface area contributed by atoms with Crippen molar-refractivity contribution in [3.8, 4) is 11.1 Å². The molecule has 0 aliphatic carbocycles. The zero-order chi connectivity index (χ0) is 22.4. The first-order valence-corrected chi connectivity index (χ1v) is 12.3. The molecular formula is C22H25ClN4O3S. The molecule has 2 N–H and O–H groups in total. The molecule has 164 valence electrons. The first-order chi connectivity index (χ1) is 14.6. The molecule has 0 aromatic heterocycles. The SMILES string of the molecule is C[C@@]1(c2cccc(-c3cccc(Cl)c3)c2)N=C(N)N(CC2CCN(S(C)(=O)=O)C2)C1=O. The lowest BCUT2D eigenvalue weighted by molar-refractivity contribution is -0.131. The van der Waals surface area contributed by atoms with Gasteiger partial charge in [0.1, 0.15) is 0 Å². The Morgan fingerprint density at radius 2 is 1.87 bits per heavy atom. The summed E-state index contributed by atoms with van der Waals surface area (Å²) in [6, 6.07) is 15.2. The van der Waals surface area contributed by atoms with Crippen molar-refractivity contribution in [1.29, 1.82) is 0 Å². The summed E-state index contributed by atoms with van der Waals surface area (Å²) in [5.74, 6) is -0.0166. The van der Waals surface area contributed by atoms with Crippen LogP contribution in [0.2, 0.25) is 5.02 Å². The highest BCUT2D eigenvalue weighted by molar-refractivity contribution is 7.88. The van der Waals surface area contributed by atoms with E-state index in [2.05, 4.69) is 4.99 Å². The number of nitrogens with zero attached hydrogens (tertiary/aromatic N) is 3. The largest absolute Gasteiger partial charge is 0.369 e. The zero-order valence-corrected chi connectivity index (χ0v) is 19.0. The molecule has 9 heteroatoms. The van der Waals surface area contributed by atoms with Gasteiger partial charge in [-0.05, 0) is 54.2 Å². The number of sulfonamides is 1. The Bertz CT molecular complexity index is 1170. The number of nitrogens with two attached hydrogens (primary N) is 1. The summed E-state index contributed by atoms with van der Waals surface area (Å²) in [5, 5.41) is 0.638. The molecule has 1 unspecified atom stereocenters. The Balaban J connectivity index is 1.57. The molecule has 0 spiro atoms. The van der Waals surface area contributed by atoms with Crippen LogP contribution in [-0.2, 0) is 20.4 Å². The average molecular weight is 461 g/mol. The molecule has 2 atom stereocenters. The predicted octanol–water partition coefficient (Wildman–Crippen LogP) is 2.66. The van der Waals surface area contributed by atoms with Gasteiger partial charge in [-0.25, -0.2) is 17.7 Å². The second-order valence-corrected chi connectivity index (χ2v) is 10.7. The molecular weight excluding hydrogens is 436 g/mol. The fraction of sp³-hybridized carbons (Fsp3) is 0.364. The van der Waals surface area contributed by atoms with E-state index < -0.39 is 15.6 Å². The maximum Gasteiger partial charge on any atom is 0.261 e. The summed E-state index contributed by atoms with van der Waals surface area (Å²) in [6.45, 7) is 2.96. The van der Waals surface area contributed by atoms with Crippen molar-refractivity contribution >= 4 is 33.5 Å². The molecule has 0 radical (unpaired) electrons. The number of rotatable bonds is 5. The number of halogens is 1. The number of hydrogen-bond acceptors (Lipinski definition) is 5. The maximum atomic E-state index is 13.4. The predicted molar refractivity (Wildman–Crippen MR) is 122 cm³/mol. The summed E-state index contributed by atoms with van der Waals surface area (Å²) < 4.78 is 25.0. The molecule has 0 saturated carbocycles. The van der Waals surface area contributed by atoms with Crippen molar-refractivity contribution in [3.63, 3.8) is 0 Å². The Hall–Kier alpha value is -2.42. The number of carbonyl (C=O) groups excluding carboxylic acids is 1. The van der Waals surface area contributed by atoms with E-state index in [1.165, 1.54) is 15.5 Å². The molecule has 0 bridgehead atoms. The fourth-order valence-electron chi connectivity index (χ4n) is 4.24. The molecule has 2 aromatic rings. The maximum absolute atomic E-state index is 13.4. The van der Waals surface area contributed by atoms with Crippen LogP contribution in [0.3, 0.4) is 0 Å². The number of carbonyl (C=O) groups is 1. The number of aliphatic imine (C=N–C) groups is 1. The standard InChI is InChI=1S/C22H25ClN4O3S/c1-22(18-7-3-5-16(11-18)17-6-4-8-19(23)12-17)20(28)27(21(24)25-22)14-15-9-10-26(13-15)31(2,29)30/h3-8,11-12,15H,9-10,13-14H2,1-2H3,(H2,24,25)/t15?,22-/m0/s1. The van der Waals surface area contributed by atoms with Crippen LogP contribution in [0.5, 0.6) is 0 Å². The summed E-state index contributed by atoms with van der Waals surface area (Å²) in [7, 11) is -3.24. The molecule has 7 nitrogen and oxygen atoms in total. The molecule has 2 aromatic carbocycles. The van der Waals surface area contributed by atoms with Crippen LogP contribution in [0.15, 0.2) is 53.5 Å². The molecule has 1 fully saturated rings. The van der Waals surface area contributed by atoms with E-state index in [9.17, 15) is 13.2 Å². The van der Waals surface area contributed by atoms with Crippen molar-refractivity contribution in [2.75, 3.05) is 25.9 Å². The van der Waals surface area contributed by atoms with Gasteiger partial charge in [0, 0.05) is 24.7 Å². The van der Waals surface area contributed by atoms with Crippen LogP contribution in [0.25, 0.3) is 11.1 Å². The van der Waals surface area contributed by atoms with E-state index in [0.29, 0.717) is 31.1 Å². The van der Waals surface area contributed by atoms with Crippen LogP contribution < -0.4 is 5.73 Å². The average Bonchev–Trinajstić information content (AvgIpc) is 3.28. The van der Waals surface area contributed by atoms with Crippen molar-refractivity contribution < 1.29 is 13.2 Å². The molecule has 1 amide bonds. The van der Waals surface area contributed by atoms with Gasteiger partial charge in [0.25, 0.3) is 5.91 Å². The van der Waals surface area contributed by atoms with E-state index >= 15 is 0 Å². The first-order valence-electron chi connectivity index (χ1n) is 10.1. The Kier molecular flexibility index (Phi) is 5.57. The molecule has 31 heavy (non-hydrogen) atoms. The number of guanidine groups is 1. The smallest absolute Gasteiger partial charge is 0.261 e. The lowest BCUT2D eigenvalue weighted by atomic mass is 9.89. The van der Waals surface area contributed by atoms with E-state index in [-0.39, 0.29) is 17.8 Å². The Morgan fingerprint density at radius 3 is 2.52 bits per heavy atom. The van der Waals surface area contributed by atoms with E-state index in [4.69, 9.17) is 17.3 Å². The van der Waals surface area contributed by atoms with Crippen LogP contribution in [0.4, 0.5) is 0 Å². The minimum Gasteiger partial charge on any atom is -0.369 e. The quantitative estimate of drug-likeness (QED) is 0.741. The van der Waals surface area contributed by atoms with Gasteiger partial charge in [-0.1, -0.05) is 41.9 Å². The van der Waals surface area contributed by atoms with E-state index in [1.54, 1.807) is 6.92 Å². The van der Waals surface area contributed by atoms with Crippen molar-refractivity contribution in [2.45, 2.75) is 18.9 Å². The van der Waals surface area contributed by atoms with Gasteiger partial charge in [-0.15, -0.1) is 0 Å². The monoisotopic (exact) mass is 460 g/mol.